The van der Waals surface area contributed by atoms with Crippen LogP contribution < -0.4 is 10.6 Å². The van der Waals surface area contributed by atoms with Crippen molar-refractivity contribution in [2.75, 3.05) is 13.7 Å². The second kappa shape index (κ2) is 7.33. The van der Waals surface area contributed by atoms with Crippen molar-refractivity contribution < 1.29 is 19.4 Å². The first-order chi connectivity index (χ1) is 9.01. The number of carboxylic acid groups (broad SMARTS) is 1. The highest BCUT2D eigenvalue weighted by atomic mass is 16.5. The molecule has 1 saturated carbocycles. The molecule has 0 aromatic carbocycles. The number of carboxylic acids is 1. The largest absolute Gasteiger partial charge is 0.481 e. The smallest absolute Gasteiger partial charge is 0.315 e. The van der Waals surface area contributed by atoms with E-state index < -0.39 is 11.5 Å². The summed E-state index contributed by atoms with van der Waals surface area (Å²) in [4.78, 5) is 22.9. The molecule has 1 aliphatic carbocycles. The van der Waals surface area contributed by atoms with Crippen molar-refractivity contribution in [3.05, 3.63) is 0 Å². The number of ether oxygens (including phenoxy) is 1. The van der Waals surface area contributed by atoms with Crippen LogP contribution in [0.25, 0.3) is 0 Å². The zero-order chi connectivity index (χ0) is 14.3. The lowest BCUT2D eigenvalue weighted by Crippen LogP contribution is -2.54. The van der Waals surface area contributed by atoms with E-state index in [0.29, 0.717) is 6.61 Å². The molecule has 1 aliphatic rings. The molecule has 0 spiro atoms. The van der Waals surface area contributed by atoms with Gasteiger partial charge in [0, 0.05) is 7.11 Å². The number of aliphatic carboxylic acids is 1. The van der Waals surface area contributed by atoms with E-state index >= 15 is 0 Å². The first kappa shape index (κ1) is 15.8. The van der Waals surface area contributed by atoms with Gasteiger partial charge in [-0.1, -0.05) is 19.8 Å². The van der Waals surface area contributed by atoms with Gasteiger partial charge >= 0.3 is 12.0 Å². The van der Waals surface area contributed by atoms with Crippen LogP contribution >= 0.6 is 0 Å². The number of hydrogen-bond acceptors (Lipinski definition) is 3. The van der Waals surface area contributed by atoms with Crippen LogP contribution in [0.2, 0.25) is 0 Å². The Morgan fingerprint density at radius 3 is 2.47 bits per heavy atom. The third-order valence-corrected chi connectivity index (χ3v) is 3.62. The summed E-state index contributed by atoms with van der Waals surface area (Å²) in [6.07, 6.45) is 4.14. The summed E-state index contributed by atoms with van der Waals surface area (Å²) in [7, 11) is 1.59. The lowest BCUT2D eigenvalue weighted by atomic mass is 9.93. The van der Waals surface area contributed by atoms with Gasteiger partial charge in [-0.15, -0.1) is 0 Å². The van der Waals surface area contributed by atoms with Crippen LogP contribution in [0.5, 0.6) is 0 Å². The van der Waals surface area contributed by atoms with Crippen LogP contribution in [0.15, 0.2) is 0 Å². The molecule has 1 atom stereocenters. The molecule has 6 nitrogen and oxygen atoms in total. The Morgan fingerprint density at radius 1 is 1.37 bits per heavy atom. The van der Waals surface area contributed by atoms with Crippen molar-refractivity contribution in [1.29, 1.82) is 0 Å². The van der Waals surface area contributed by atoms with Crippen LogP contribution in [0, 0.1) is 0 Å². The average molecular weight is 272 g/mol. The Kier molecular flexibility index (Phi) is 6.08. The van der Waals surface area contributed by atoms with Crippen molar-refractivity contribution >= 4 is 12.0 Å². The molecule has 0 radical (unpaired) electrons. The van der Waals surface area contributed by atoms with Gasteiger partial charge in [0.15, 0.2) is 0 Å². The van der Waals surface area contributed by atoms with E-state index in [-0.39, 0.29) is 18.5 Å². The fourth-order valence-electron chi connectivity index (χ4n) is 2.61. The molecule has 1 rings (SSSR count). The van der Waals surface area contributed by atoms with Gasteiger partial charge in [-0.3, -0.25) is 4.79 Å². The van der Waals surface area contributed by atoms with Crippen molar-refractivity contribution in [3.63, 3.8) is 0 Å². The predicted molar refractivity (Wildman–Crippen MR) is 71.1 cm³/mol. The molecule has 0 heterocycles. The Balaban J connectivity index is 2.54. The van der Waals surface area contributed by atoms with Crippen molar-refractivity contribution in [2.24, 2.45) is 0 Å². The minimum absolute atomic E-state index is 0.0124. The summed E-state index contributed by atoms with van der Waals surface area (Å²) in [5.41, 5.74) is -0.582. The second-order valence-corrected chi connectivity index (χ2v) is 5.22. The zero-order valence-corrected chi connectivity index (χ0v) is 11.7. The average Bonchev–Trinajstić information content (AvgIpc) is 2.75. The van der Waals surface area contributed by atoms with Gasteiger partial charge in [-0.2, -0.15) is 0 Å². The van der Waals surface area contributed by atoms with E-state index in [0.717, 1.165) is 32.1 Å². The molecule has 0 aromatic rings. The van der Waals surface area contributed by atoms with Crippen LogP contribution in [0.1, 0.15) is 45.4 Å². The van der Waals surface area contributed by atoms with E-state index in [1.807, 2.05) is 6.92 Å². The van der Waals surface area contributed by atoms with Crippen LogP contribution in [-0.4, -0.2) is 42.4 Å². The number of carbonyl (C=O) groups excluding carboxylic acids is 1. The molecular weight excluding hydrogens is 248 g/mol. The maximum absolute atomic E-state index is 12.0. The van der Waals surface area contributed by atoms with E-state index in [1.54, 1.807) is 7.11 Å². The number of amides is 2. The highest BCUT2D eigenvalue weighted by Crippen LogP contribution is 2.32. The minimum atomic E-state index is -0.869. The van der Waals surface area contributed by atoms with Gasteiger partial charge in [0.2, 0.25) is 0 Å². The van der Waals surface area contributed by atoms with Crippen molar-refractivity contribution in [3.8, 4) is 0 Å². The zero-order valence-electron chi connectivity index (χ0n) is 11.7. The van der Waals surface area contributed by atoms with Gasteiger partial charge in [0.1, 0.15) is 0 Å². The predicted octanol–water partition coefficient (Wildman–Crippen LogP) is 1.50. The topological polar surface area (TPSA) is 87.7 Å². The Morgan fingerprint density at radius 2 is 2.00 bits per heavy atom. The van der Waals surface area contributed by atoms with Crippen LogP contribution in [-0.2, 0) is 9.53 Å². The summed E-state index contributed by atoms with van der Waals surface area (Å²) in [6, 6.07) is -0.347. The number of urea groups is 1. The molecule has 2 amide bonds. The van der Waals surface area contributed by atoms with Gasteiger partial charge in [-0.25, -0.2) is 4.79 Å². The third kappa shape index (κ3) is 5.06. The normalized spacial score (nSPS) is 18.8. The Labute approximate surface area is 113 Å². The number of carbonyl (C=O) groups is 2. The van der Waals surface area contributed by atoms with E-state index in [4.69, 9.17) is 9.84 Å². The molecule has 6 heteroatoms. The molecule has 0 aliphatic heterocycles. The molecule has 110 valence electrons. The molecule has 1 fully saturated rings. The monoisotopic (exact) mass is 272 g/mol. The quantitative estimate of drug-likeness (QED) is 0.655. The molecule has 3 N–H and O–H groups in total. The third-order valence-electron chi connectivity index (χ3n) is 3.62. The SMILES string of the molecule is CCC(COC)NC(=O)NC1(CC(=O)O)CCCC1. The van der Waals surface area contributed by atoms with Crippen molar-refractivity contribution in [1.82, 2.24) is 10.6 Å². The number of nitrogens with one attached hydrogen (secondary N) is 2. The van der Waals surface area contributed by atoms with Gasteiger partial charge in [0.25, 0.3) is 0 Å². The lowest BCUT2D eigenvalue weighted by molar-refractivity contribution is -0.138. The van der Waals surface area contributed by atoms with Gasteiger partial charge in [-0.05, 0) is 19.3 Å². The number of rotatable bonds is 7. The molecule has 0 bridgehead atoms. The Hall–Kier alpha value is -1.30. The van der Waals surface area contributed by atoms with E-state index in [9.17, 15) is 9.59 Å². The van der Waals surface area contributed by atoms with E-state index in [2.05, 4.69) is 10.6 Å². The highest BCUT2D eigenvalue weighted by molar-refractivity contribution is 5.77. The number of hydrogen-bond donors (Lipinski definition) is 3. The first-order valence-electron chi connectivity index (χ1n) is 6.81. The molecule has 19 heavy (non-hydrogen) atoms. The Bertz CT molecular complexity index is 314. The second-order valence-electron chi connectivity index (χ2n) is 5.22. The molecular formula is C13H24N2O4. The van der Waals surface area contributed by atoms with Crippen molar-refractivity contribution in [2.45, 2.75) is 57.0 Å². The fraction of sp³-hybridized carbons (Fsp3) is 0.846. The molecule has 0 saturated heterocycles. The molecule has 0 aromatic heterocycles. The summed E-state index contributed by atoms with van der Waals surface area (Å²) in [5.74, 6) is -0.869. The van der Waals surface area contributed by atoms with Gasteiger partial charge in [0.05, 0.1) is 24.6 Å². The summed E-state index contributed by atoms with van der Waals surface area (Å²) in [5, 5.41) is 14.7. The standard InChI is InChI=1S/C13H24N2O4/c1-3-10(9-19-2)14-12(18)15-13(8-11(16)17)6-4-5-7-13/h10H,3-9H2,1-2H3,(H,16,17)(H2,14,15,18). The maximum Gasteiger partial charge on any atom is 0.315 e. The fourth-order valence-corrected chi connectivity index (χ4v) is 2.61. The minimum Gasteiger partial charge on any atom is -0.481 e. The molecule has 1 unspecified atom stereocenters. The van der Waals surface area contributed by atoms with Crippen LogP contribution in [0.4, 0.5) is 4.79 Å². The lowest BCUT2D eigenvalue weighted by Gasteiger charge is -2.29. The maximum atomic E-state index is 12.0. The summed E-state index contributed by atoms with van der Waals surface area (Å²) in [6.45, 7) is 2.42. The highest BCUT2D eigenvalue weighted by Gasteiger charge is 2.37. The summed E-state index contributed by atoms with van der Waals surface area (Å²) >= 11 is 0. The van der Waals surface area contributed by atoms with E-state index in [1.165, 1.54) is 0 Å². The number of methoxy groups -OCH3 is 1. The van der Waals surface area contributed by atoms with Gasteiger partial charge < -0.3 is 20.5 Å². The van der Waals surface area contributed by atoms with Crippen LogP contribution in [0.3, 0.4) is 0 Å². The first-order valence-corrected chi connectivity index (χ1v) is 6.81. The summed E-state index contributed by atoms with van der Waals surface area (Å²) < 4.78 is 5.02.